The first-order chi connectivity index (χ1) is 8.97. The van der Waals surface area contributed by atoms with Gasteiger partial charge in [-0.3, -0.25) is 9.69 Å². The highest BCUT2D eigenvalue weighted by Gasteiger charge is 2.43. The van der Waals surface area contributed by atoms with Gasteiger partial charge in [-0.1, -0.05) is 0 Å². The molecule has 1 amide bonds. The Morgan fingerprint density at radius 1 is 1.16 bits per heavy atom. The van der Waals surface area contributed by atoms with Gasteiger partial charge in [-0.2, -0.15) is 13.2 Å². The maximum absolute atomic E-state index is 12.6. The van der Waals surface area contributed by atoms with Gasteiger partial charge in [-0.05, 0) is 19.3 Å². The number of carbonyl (C=O) groups excluding carboxylic acids is 1. The summed E-state index contributed by atoms with van der Waals surface area (Å²) in [5, 5.41) is 0. The summed E-state index contributed by atoms with van der Waals surface area (Å²) in [6, 6.07) is 0. The second-order valence-corrected chi connectivity index (χ2v) is 5.08. The van der Waals surface area contributed by atoms with E-state index in [1.54, 1.807) is 9.80 Å². The summed E-state index contributed by atoms with van der Waals surface area (Å²) in [7, 11) is 0. The summed E-state index contributed by atoms with van der Waals surface area (Å²) in [6.07, 6.45) is -3.03. The highest BCUT2D eigenvalue weighted by atomic mass is 19.4. The number of nitrogens with zero attached hydrogens (tertiary/aromatic N) is 2. The van der Waals surface area contributed by atoms with Crippen LogP contribution in [0.1, 0.15) is 19.3 Å². The SMILES string of the molecule is O=C(CN1CCOC(C(F)(F)F)C1)N1CCCCC1. The first-order valence-corrected chi connectivity index (χ1v) is 6.65. The minimum absolute atomic E-state index is 0.0253. The van der Waals surface area contributed by atoms with E-state index < -0.39 is 12.3 Å². The van der Waals surface area contributed by atoms with E-state index in [2.05, 4.69) is 0 Å². The van der Waals surface area contributed by atoms with E-state index in [4.69, 9.17) is 4.74 Å². The van der Waals surface area contributed by atoms with Crippen LogP contribution in [0.5, 0.6) is 0 Å². The zero-order chi connectivity index (χ0) is 13.9. The van der Waals surface area contributed by atoms with Crippen molar-refractivity contribution in [3.05, 3.63) is 0 Å². The predicted octanol–water partition coefficient (Wildman–Crippen LogP) is 1.26. The molecule has 2 aliphatic rings. The van der Waals surface area contributed by atoms with Crippen LogP contribution in [0, 0.1) is 0 Å². The van der Waals surface area contributed by atoms with Crippen LogP contribution < -0.4 is 0 Å². The first-order valence-electron chi connectivity index (χ1n) is 6.65. The number of likely N-dealkylation sites (tertiary alicyclic amines) is 1. The number of amides is 1. The average Bonchev–Trinajstić information content (AvgIpc) is 2.39. The van der Waals surface area contributed by atoms with E-state index in [1.165, 1.54) is 0 Å². The Balaban J connectivity index is 1.83. The number of ether oxygens (including phenoxy) is 1. The van der Waals surface area contributed by atoms with Gasteiger partial charge in [0.2, 0.25) is 5.91 Å². The molecule has 0 radical (unpaired) electrons. The average molecular weight is 280 g/mol. The number of hydrogen-bond acceptors (Lipinski definition) is 3. The third kappa shape index (κ3) is 4.07. The standard InChI is InChI=1S/C12H19F3N2O2/c13-12(14,15)10-8-16(6-7-19-10)9-11(18)17-4-2-1-3-5-17/h10H,1-9H2. The van der Waals surface area contributed by atoms with Crippen molar-refractivity contribution in [3.8, 4) is 0 Å². The van der Waals surface area contributed by atoms with E-state index in [1.807, 2.05) is 0 Å². The fraction of sp³-hybridized carbons (Fsp3) is 0.917. The van der Waals surface area contributed by atoms with Crippen molar-refractivity contribution in [2.75, 3.05) is 39.3 Å². The van der Waals surface area contributed by atoms with Crippen molar-refractivity contribution in [1.29, 1.82) is 0 Å². The number of hydrogen-bond donors (Lipinski definition) is 0. The lowest BCUT2D eigenvalue weighted by Crippen LogP contribution is -2.52. The van der Waals surface area contributed by atoms with Crippen LogP contribution in [-0.4, -0.2) is 67.3 Å². The van der Waals surface area contributed by atoms with Gasteiger partial charge in [0.15, 0.2) is 6.10 Å². The molecule has 0 saturated carbocycles. The lowest BCUT2D eigenvalue weighted by molar-refractivity contribution is -0.237. The molecular weight excluding hydrogens is 261 g/mol. The number of carbonyl (C=O) groups is 1. The third-order valence-electron chi connectivity index (χ3n) is 3.58. The molecule has 110 valence electrons. The Morgan fingerprint density at radius 2 is 1.84 bits per heavy atom. The number of alkyl halides is 3. The fourth-order valence-electron chi connectivity index (χ4n) is 2.48. The molecule has 4 nitrogen and oxygen atoms in total. The molecule has 0 spiro atoms. The monoisotopic (exact) mass is 280 g/mol. The minimum Gasteiger partial charge on any atom is -0.366 e. The number of morpholine rings is 1. The molecule has 19 heavy (non-hydrogen) atoms. The maximum atomic E-state index is 12.6. The largest absolute Gasteiger partial charge is 0.415 e. The minimum atomic E-state index is -4.35. The molecule has 2 saturated heterocycles. The van der Waals surface area contributed by atoms with Crippen molar-refractivity contribution in [2.24, 2.45) is 0 Å². The number of halogens is 3. The van der Waals surface area contributed by atoms with Crippen LogP contribution in [0.2, 0.25) is 0 Å². The van der Waals surface area contributed by atoms with Crippen molar-refractivity contribution >= 4 is 5.91 Å². The molecule has 0 aromatic rings. The zero-order valence-corrected chi connectivity index (χ0v) is 10.8. The molecule has 7 heteroatoms. The first kappa shape index (κ1) is 14.6. The summed E-state index contributed by atoms with van der Waals surface area (Å²) in [6.45, 7) is 1.68. The Kier molecular flexibility index (Phi) is 4.67. The topological polar surface area (TPSA) is 32.8 Å². The molecule has 1 unspecified atom stereocenters. The van der Waals surface area contributed by atoms with Crippen LogP contribution in [0.3, 0.4) is 0 Å². The zero-order valence-electron chi connectivity index (χ0n) is 10.8. The summed E-state index contributed by atoms with van der Waals surface area (Å²) in [5.41, 5.74) is 0. The Hall–Kier alpha value is -0.820. The predicted molar refractivity (Wildman–Crippen MR) is 62.7 cm³/mol. The van der Waals surface area contributed by atoms with Crippen LogP contribution in [-0.2, 0) is 9.53 Å². The van der Waals surface area contributed by atoms with Crippen molar-refractivity contribution in [3.63, 3.8) is 0 Å². The van der Waals surface area contributed by atoms with Crippen LogP contribution in [0.4, 0.5) is 13.2 Å². The van der Waals surface area contributed by atoms with E-state index in [0.717, 1.165) is 32.4 Å². The van der Waals surface area contributed by atoms with Gasteiger partial charge >= 0.3 is 6.18 Å². The van der Waals surface area contributed by atoms with Gasteiger partial charge in [0.1, 0.15) is 0 Å². The smallest absolute Gasteiger partial charge is 0.366 e. The highest BCUT2D eigenvalue weighted by Crippen LogP contribution is 2.25. The van der Waals surface area contributed by atoms with Gasteiger partial charge in [-0.25, -0.2) is 0 Å². The normalized spacial score (nSPS) is 26.5. The molecule has 2 rings (SSSR count). The summed E-state index contributed by atoms with van der Waals surface area (Å²) in [4.78, 5) is 15.3. The van der Waals surface area contributed by atoms with Gasteiger partial charge in [0, 0.05) is 26.2 Å². The van der Waals surface area contributed by atoms with E-state index in [9.17, 15) is 18.0 Å². The summed E-state index contributed by atoms with van der Waals surface area (Å²) < 4.78 is 42.4. The molecule has 0 aromatic carbocycles. The second-order valence-electron chi connectivity index (χ2n) is 5.08. The van der Waals surface area contributed by atoms with Gasteiger partial charge in [-0.15, -0.1) is 0 Å². The van der Waals surface area contributed by atoms with Gasteiger partial charge in [0.25, 0.3) is 0 Å². The Labute approximate surface area is 110 Å². The summed E-state index contributed by atoms with van der Waals surface area (Å²) in [5.74, 6) is -0.0671. The highest BCUT2D eigenvalue weighted by molar-refractivity contribution is 5.78. The van der Waals surface area contributed by atoms with Crippen LogP contribution in [0.25, 0.3) is 0 Å². The molecule has 0 N–H and O–H groups in total. The molecular formula is C12H19F3N2O2. The summed E-state index contributed by atoms with van der Waals surface area (Å²) >= 11 is 0. The van der Waals surface area contributed by atoms with Gasteiger partial charge in [0.05, 0.1) is 13.2 Å². The molecule has 0 aliphatic carbocycles. The molecule has 2 aliphatic heterocycles. The third-order valence-corrected chi connectivity index (χ3v) is 3.58. The molecule has 0 bridgehead atoms. The quantitative estimate of drug-likeness (QED) is 0.763. The van der Waals surface area contributed by atoms with Crippen molar-refractivity contribution < 1.29 is 22.7 Å². The maximum Gasteiger partial charge on any atom is 0.415 e. The van der Waals surface area contributed by atoms with E-state index >= 15 is 0 Å². The lowest BCUT2D eigenvalue weighted by atomic mass is 10.1. The van der Waals surface area contributed by atoms with E-state index in [-0.39, 0.29) is 25.6 Å². The van der Waals surface area contributed by atoms with E-state index in [0.29, 0.717) is 6.54 Å². The molecule has 0 aromatic heterocycles. The van der Waals surface area contributed by atoms with Crippen molar-refractivity contribution in [1.82, 2.24) is 9.80 Å². The Morgan fingerprint density at radius 3 is 2.47 bits per heavy atom. The number of rotatable bonds is 2. The fourth-order valence-corrected chi connectivity index (χ4v) is 2.48. The van der Waals surface area contributed by atoms with Crippen molar-refractivity contribution in [2.45, 2.75) is 31.5 Å². The molecule has 2 heterocycles. The van der Waals surface area contributed by atoms with Gasteiger partial charge < -0.3 is 9.64 Å². The van der Waals surface area contributed by atoms with Crippen LogP contribution in [0.15, 0.2) is 0 Å². The number of piperidine rings is 1. The molecule has 2 fully saturated rings. The second kappa shape index (κ2) is 6.09. The molecule has 1 atom stereocenters. The van der Waals surface area contributed by atoms with Crippen LogP contribution >= 0.6 is 0 Å². The Bertz CT molecular complexity index is 317. The lowest BCUT2D eigenvalue weighted by Gasteiger charge is -2.35.